The molecule has 5 nitrogen and oxygen atoms in total. The van der Waals surface area contributed by atoms with E-state index >= 15 is 0 Å². The smallest absolute Gasteiger partial charge is 0.240 e. The van der Waals surface area contributed by atoms with Gasteiger partial charge in [0.25, 0.3) is 0 Å². The molecule has 124 valence electrons. The molecule has 0 aromatic heterocycles. The summed E-state index contributed by atoms with van der Waals surface area (Å²) in [7, 11) is -3.70. The van der Waals surface area contributed by atoms with E-state index in [4.69, 9.17) is 5.73 Å². The number of piperidine rings is 1. The van der Waals surface area contributed by atoms with Crippen molar-refractivity contribution in [2.24, 2.45) is 5.73 Å². The highest BCUT2D eigenvalue weighted by Crippen LogP contribution is 2.16. The molecule has 1 aromatic carbocycles. The zero-order valence-corrected chi connectivity index (χ0v) is 13.9. The SMILES string of the molecule is CC(C)(N)CN1CCCC(NS(=O)(=O)c2cccc(F)c2)C1. The molecule has 3 N–H and O–H groups in total. The van der Waals surface area contributed by atoms with E-state index in [1.165, 1.54) is 18.2 Å². The van der Waals surface area contributed by atoms with Crippen molar-refractivity contribution in [2.45, 2.75) is 43.2 Å². The summed E-state index contributed by atoms with van der Waals surface area (Å²) in [5.74, 6) is -0.557. The first-order valence-electron chi connectivity index (χ1n) is 7.45. The van der Waals surface area contributed by atoms with Crippen LogP contribution in [0.1, 0.15) is 26.7 Å². The predicted molar refractivity (Wildman–Crippen MR) is 84.4 cm³/mol. The van der Waals surface area contributed by atoms with Crippen LogP contribution in [0.5, 0.6) is 0 Å². The minimum Gasteiger partial charge on any atom is -0.324 e. The Morgan fingerprint density at radius 2 is 2.18 bits per heavy atom. The first-order valence-corrected chi connectivity index (χ1v) is 8.93. The molecule has 0 amide bonds. The Balaban J connectivity index is 2.03. The second kappa shape index (κ2) is 6.62. The third-order valence-electron chi connectivity index (χ3n) is 3.56. The fourth-order valence-electron chi connectivity index (χ4n) is 2.79. The molecule has 1 aromatic rings. The van der Waals surface area contributed by atoms with E-state index < -0.39 is 15.8 Å². The summed E-state index contributed by atoms with van der Waals surface area (Å²) >= 11 is 0. The van der Waals surface area contributed by atoms with Crippen LogP contribution in [0.25, 0.3) is 0 Å². The highest BCUT2D eigenvalue weighted by atomic mass is 32.2. The first-order chi connectivity index (χ1) is 10.2. The molecule has 1 atom stereocenters. The number of hydrogen-bond acceptors (Lipinski definition) is 4. The molecule has 0 aliphatic carbocycles. The number of benzene rings is 1. The van der Waals surface area contributed by atoms with Crippen molar-refractivity contribution in [3.05, 3.63) is 30.1 Å². The summed E-state index contributed by atoms with van der Waals surface area (Å²) in [5.41, 5.74) is 5.71. The number of rotatable bonds is 5. The zero-order chi connectivity index (χ0) is 16.4. The molecule has 1 aliphatic heterocycles. The average Bonchev–Trinajstić information content (AvgIpc) is 2.36. The van der Waals surface area contributed by atoms with Crippen LogP contribution in [0.2, 0.25) is 0 Å². The lowest BCUT2D eigenvalue weighted by Crippen LogP contribution is -2.53. The maximum Gasteiger partial charge on any atom is 0.240 e. The molecule has 0 radical (unpaired) electrons. The van der Waals surface area contributed by atoms with Crippen molar-refractivity contribution < 1.29 is 12.8 Å². The van der Waals surface area contributed by atoms with Gasteiger partial charge < -0.3 is 5.73 Å². The van der Waals surface area contributed by atoms with Crippen LogP contribution in [-0.2, 0) is 10.0 Å². The van der Waals surface area contributed by atoms with Crippen molar-refractivity contribution in [1.29, 1.82) is 0 Å². The number of nitrogens with two attached hydrogens (primary N) is 1. The fourth-order valence-corrected chi connectivity index (χ4v) is 4.09. The van der Waals surface area contributed by atoms with Gasteiger partial charge in [-0.2, -0.15) is 0 Å². The van der Waals surface area contributed by atoms with Gasteiger partial charge in [-0.05, 0) is 51.4 Å². The lowest BCUT2D eigenvalue weighted by atomic mass is 10.0. The number of sulfonamides is 1. The van der Waals surface area contributed by atoms with Crippen LogP contribution in [-0.4, -0.2) is 44.5 Å². The van der Waals surface area contributed by atoms with Crippen LogP contribution in [0.4, 0.5) is 4.39 Å². The van der Waals surface area contributed by atoms with E-state index in [1.54, 1.807) is 0 Å². The second-order valence-corrected chi connectivity index (χ2v) is 8.36. The van der Waals surface area contributed by atoms with Gasteiger partial charge in [0.15, 0.2) is 0 Å². The fraction of sp³-hybridized carbons (Fsp3) is 0.600. The Kier molecular flexibility index (Phi) is 5.21. The Morgan fingerprint density at radius 3 is 2.82 bits per heavy atom. The molecule has 0 spiro atoms. The van der Waals surface area contributed by atoms with Crippen LogP contribution in [0.15, 0.2) is 29.2 Å². The van der Waals surface area contributed by atoms with Crippen molar-refractivity contribution in [3.63, 3.8) is 0 Å². The van der Waals surface area contributed by atoms with Crippen LogP contribution in [0, 0.1) is 5.82 Å². The van der Waals surface area contributed by atoms with E-state index in [1.807, 2.05) is 13.8 Å². The zero-order valence-electron chi connectivity index (χ0n) is 13.0. The predicted octanol–water partition coefficient (Wildman–Crippen LogP) is 1.31. The lowest BCUT2D eigenvalue weighted by molar-refractivity contribution is 0.171. The third kappa shape index (κ3) is 5.01. The van der Waals surface area contributed by atoms with E-state index in [0.717, 1.165) is 25.5 Å². The number of nitrogens with zero attached hydrogens (tertiary/aromatic N) is 1. The van der Waals surface area contributed by atoms with Crippen molar-refractivity contribution in [1.82, 2.24) is 9.62 Å². The van der Waals surface area contributed by atoms with Gasteiger partial charge in [-0.3, -0.25) is 4.90 Å². The summed E-state index contributed by atoms with van der Waals surface area (Å²) in [6, 6.07) is 4.88. The number of likely N-dealkylation sites (tertiary alicyclic amines) is 1. The average molecular weight is 329 g/mol. The third-order valence-corrected chi connectivity index (χ3v) is 5.08. The normalized spacial score (nSPS) is 21.0. The van der Waals surface area contributed by atoms with Gasteiger partial charge in [-0.15, -0.1) is 0 Å². The summed E-state index contributed by atoms with van der Waals surface area (Å²) in [5, 5.41) is 0. The molecule has 0 bridgehead atoms. The Hall–Kier alpha value is -1.02. The lowest BCUT2D eigenvalue weighted by Gasteiger charge is -2.36. The van der Waals surface area contributed by atoms with E-state index in [2.05, 4.69) is 9.62 Å². The van der Waals surface area contributed by atoms with Crippen LogP contribution < -0.4 is 10.5 Å². The molecule has 7 heteroatoms. The van der Waals surface area contributed by atoms with Crippen molar-refractivity contribution >= 4 is 10.0 Å². The van der Waals surface area contributed by atoms with Gasteiger partial charge in [-0.1, -0.05) is 6.07 Å². The second-order valence-electron chi connectivity index (χ2n) is 6.64. The topological polar surface area (TPSA) is 75.4 Å². The summed E-state index contributed by atoms with van der Waals surface area (Å²) < 4.78 is 40.5. The Labute approximate surface area is 131 Å². The van der Waals surface area contributed by atoms with E-state index in [9.17, 15) is 12.8 Å². The number of nitrogens with one attached hydrogen (secondary N) is 1. The van der Waals surface area contributed by atoms with Gasteiger partial charge in [0, 0.05) is 24.7 Å². The molecule has 0 saturated carbocycles. The minimum atomic E-state index is -3.70. The highest BCUT2D eigenvalue weighted by molar-refractivity contribution is 7.89. The number of halogens is 1. The van der Waals surface area contributed by atoms with Crippen LogP contribution >= 0.6 is 0 Å². The van der Waals surface area contributed by atoms with Crippen molar-refractivity contribution in [3.8, 4) is 0 Å². The summed E-state index contributed by atoms with van der Waals surface area (Å²) in [6.45, 7) is 6.15. The molecule has 22 heavy (non-hydrogen) atoms. The maximum atomic E-state index is 13.2. The standard InChI is InChI=1S/C15H24FN3O2S/c1-15(2,17)11-19-8-4-6-13(10-19)18-22(20,21)14-7-3-5-12(16)9-14/h3,5,7,9,13,18H,4,6,8,10-11,17H2,1-2H3. The van der Waals surface area contributed by atoms with Crippen molar-refractivity contribution in [2.75, 3.05) is 19.6 Å². The van der Waals surface area contributed by atoms with Gasteiger partial charge >= 0.3 is 0 Å². The molecule has 1 aliphatic rings. The van der Waals surface area contributed by atoms with Crippen LogP contribution in [0.3, 0.4) is 0 Å². The first kappa shape index (κ1) is 17.3. The molecule has 1 unspecified atom stereocenters. The Morgan fingerprint density at radius 1 is 1.45 bits per heavy atom. The van der Waals surface area contributed by atoms with E-state index in [0.29, 0.717) is 13.1 Å². The molecular formula is C15H24FN3O2S. The van der Waals surface area contributed by atoms with Gasteiger partial charge in [0.05, 0.1) is 4.90 Å². The van der Waals surface area contributed by atoms with Gasteiger partial charge in [-0.25, -0.2) is 17.5 Å². The largest absolute Gasteiger partial charge is 0.324 e. The molecule has 2 rings (SSSR count). The molecule has 1 fully saturated rings. The van der Waals surface area contributed by atoms with Gasteiger partial charge in [0.1, 0.15) is 5.82 Å². The highest BCUT2D eigenvalue weighted by Gasteiger charge is 2.27. The number of hydrogen-bond donors (Lipinski definition) is 2. The maximum absolute atomic E-state index is 13.2. The monoisotopic (exact) mass is 329 g/mol. The summed E-state index contributed by atoms with van der Waals surface area (Å²) in [6.07, 6.45) is 1.68. The minimum absolute atomic E-state index is 0.0382. The van der Waals surface area contributed by atoms with E-state index in [-0.39, 0.29) is 16.5 Å². The molecule has 1 saturated heterocycles. The van der Waals surface area contributed by atoms with Gasteiger partial charge in [0.2, 0.25) is 10.0 Å². The molecular weight excluding hydrogens is 305 g/mol. The quantitative estimate of drug-likeness (QED) is 0.854. The Bertz CT molecular complexity index is 613. The summed E-state index contributed by atoms with van der Waals surface area (Å²) in [4.78, 5) is 2.13. The molecule has 1 heterocycles.